The molecule has 0 aliphatic heterocycles. The van der Waals surface area contributed by atoms with Gasteiger partial charge in [-0.3, -0.25) is 4.79 Å². The summed E-state index contributed by atoms with van der Waals surface area (Å²) in [5, 5.41) is 0. The van der Waals surface area contributed by atoms with Crippen LogP contribution in [0.25, 0.3) is 0 Å². The standard InChI is InChI=1S/C15H22N2O2/c1-17(11-15(10-16)8-3-9-15)14(18)12-4-6-13(19-2)7-5-12/h4-7H,3,8-11,16H2,1-2H3. The second kappa shape index (κ2) is 5.61. The van der Waals surface area contributed by atoms with Gasteiger partial charge in [-0.25, -0.2) is 0 Å². The van der Waals surface area contributed by atoms with Crippen LogP contribution in [0, 0.1) is 5.41 Å². The quantitative estimate of drug-likeness (QED) is 0.881. The number of methoxy groups -OCH3 is 1. The number of ether oxygens (including phenoxy) is 1. The first-order valence-electron chi connectivity index (χ1n) is 6.70. The van der Waals surface area contributed by atoms with Crippen molar-refractivity contribution in [3.05, 3.63) is 29.8 Å². The Balaban J connectivity index is 2.01. The molecular weight excluding hydrogens is 240 g/mol. The SMILES string of the molecule is COc1ccc(C(=O)N(C)CC2(CN)CCC2)cc1. The average Bonchev–Trinajstić information content (AvgIpc) is 2.42. The summed E-state index contributed by atoms with van der Waals surface area (Å²) in [5.41, 5.74) is 6.68. The van der Waals surface area contributed by atoms with Crippen LogP contribution < -0.4 is 10.5 Å². The Hall–Kier alpha value is -1.55. The van der Waals surface area contributed by atoms with Crippen molar-refractivity contribution in [3.8, 4) is 5.75 Å². The molecule has 4 heteroatoms. The van der Waals surface area contributed by atoms with Crippen LogP contribution >= 0.6 is 0 Å². The summed E-state index contributed by atoms with van der Waals surface area (Å²) in [7, 11) is 3.47. The van der Waals surface area contributed by atoms with Gasteiger partial charge in [0.1, 0.15) is 5.75 Å². The highest BCUT2D eigenvalue weighted by atomic mass is 16.5. The van der Waals surface area contributed by atoms with E-state index in [0.29, 0.717) is 12.1 Å². The van der Waals surface area contributed by atoms with Crippen molar-refractivity contribution in [3.63, 3.8) is 0 Å². The lowest BCUT2D eigenvalue weighted by Gasteiger charge is -2.43. The van der Waals surface area contributed by atoms with Crippen LogP contribution in [-0.4, -0.2) is 38.1 Å². The van der Waals surface area contributed by atoms with E-state index in [-0.39, 0.29) is 11.3 Å². The van der Waals surface area contributed by atoms with Gasteiger partial charge in [0.05, 0.1) is 7.11 Å². The third-order valence-electron chi connectivity index (χ3n) is 4.10. The van der Waals surface area contributed by atoms with Gasteiger partial charge >= 0.3 is 0 Å². The fourth-order valence-electron chi connectivity index (χ4n) is 2.63. The van der Waals surface area contributed by atoms with E-state index >= 15 is 0 Å². The Morgan fingerprint density at radius 1 is 1.37 bits per heavy atom. The molecule has 0 unspecified atom stereocenters. The van der Waals surface area contributed by atoms with Crippen LogP contribution in [0.2, 0.25) is 0 Å². The minimum Gasteiger partial charge on any atom is -0.497 e. The Labute approximate surface area is 114 Å². The van der Waals surface area contributed by atoms with Gasteiger partial charge in [-0.2, -0.15) is 0 Å². The zero-order valence-corrected chi connectivity index (χ0v) is 11.7. The van der Waals surface area contributed by atoms with Crippen molar-refractivity contribution in [2.75, 3.05) is 27.2 Å². The normalized spacial score (nSPS) is 16.6. The van der Waals surface area contributed by atoms with Gasteiger partial charge < -0.3 is 15.4 Å². The van der Waals surface area contributed by atoms with E-state index < -0.39 is 0 Å². The summed E-state index contributed by atoms with van der Waals surface area (Å²) in [6, 6.07) is 7.22. The number of carbonyl (C=O) groups is 1. The van der Waals surface area contributed by atoms with Crippen LogP contribution in [0.1, 0.15) is 29.6 Å². The second-order valence-corrected chi connectivity index (χ2v) is 5.45. The summed E-state index contributed by atoms with van der Waals surface area (Å²) < 4.78 is 5.09. The lowest BCUT2D eigenvalue weighted by molar-refractivity contribution is 0.0568. The molecule has 1 aliphatic carbocycles. The number of amides is 1. The smallest absolute Gasteiger partial charge is 0.253 e. The molecule has 1 aromatic carbocycles. The molecule has 1 saturated carbocycles. The van der Waals surface area contributed by atoms with Gasteiger partial charge in [0.25, 0.3) is 5.91 Å². The fraction of sp³-hybridized carbons (Fsp3) is 0.533. The van der Waals surface area contributed by atoms with Gasteiger partial charge in [0, 0.05) is 24.6 Å². The van der Waals surface area contributed by atoms with E-state index in [1.54, 1.807) is 24.1 Å². The number of carbonyl (C=O) groups excluding carboxylic acids is 1. The predicted molar refractivity (Wildman–Crippen MR) is 75.3 cm³/mol. The first-order chi connectivity index (χ1) is 9.10. The maximum Gasteiger partial charge on any atom is 0.253 e. The van der Waals surface area contributed by atoms with E-state index in [9.17, 15) is 4.79 Å². The molecule has 0 radical (unpaired) electrons. The largest absolute Gasteiger partial charge is 0.497 e. The van der Waals surface area contributed by atoms with Crippen LogP contribution in [0.3, 0.4) is 0 Å². The molecule has 1 aromatic rings. The van der Waals surface area contributed by atoms with Gasteiger partial charge in [-0.1, -0.05) is 6.42 Å². The molecule has 2 N–H and O–H groups in total. The number of hydrogen-bond acceptors (Lipinski definition) is 3. The van der Waals surface area contributed by atoms with E-state index in [0.717, 1.165) is 25.1 Å². The first-order valence-corrected chi connectivity index (χ1v) is 6.70. The Bertz CT molecular complexity index is 432. The average molecular weight is 262 g/mol. The number of benzene rings is 1. The van der Waals surface area contributed by atoms with Gasteiger partial charge in [0.2, 0.25) is 0 Å². The predicted octanol–water partition coefficient (Wildman–Crippen LogP) is 1.90. The zero-order valence-electron chi connectivity index (χ0n) is 11.7. The molecule has 0 atom stereocenters. The number of rotatable bonds is 5. The summed E-state index contributed by atoms with van der Waals surface area (Å²) in [5.74, 6) is 0.805. The molecule has 19 heavy (non-hydrogen) atoms. The van der Waals surface area contributed by atoms with Crippen molar-refractivity contribution in [1.82, 2.24) is 4.90 Å². The molecule has 1 fully saturated rings. The van der Waals surface area contributed by atoms with Crippen molar-refractivity contribution >= 4 is 5.91 Å². The van der Waals surface area contributed by atoms with E-state index in [1.165, 1.54) is 6.42 Å². The van der Waals surface area contributed by atoms with Crippen LogP contribution in [0.5, 0.6) is 5.75 Å². The summed E-state index contributed by atoms with van der Waals surface area (Å²) in [6.07, 6.45) is 3.48. The number of nitrogens with two attached hydrogens (primary N) is 1. The Kier molecular flexibility index (Phi) is 4.10. The minimum atomic E-state index is 0.0439. The molecule has 0 saturated heterocycles. The van der Waals surface area contributed by atoms with Crippen LogP contribution in [0.4, 0.5) is 0 Å². The highest BCUT2D eigenvalue weighted by molar-refractivity contribution is 5.94. The topological polar surface area (TPSA) is 55.6 Å². The van der Waals surface area contributed by atoms with Gasteiger partial charge in [-0.15, -0.1) is 0 Å². The summed E-state index contributed by atoms with van der Waals surface area (Å²) >= 11 is 0. The van der Waals surface area contributed by atoms with E-state index in [1.807, 2.05) is 19.2 Å². The highest BCUT2D eigenvalue weighted by Crippen LogP contribution is 2.40. The summed E-state index contributed by atoms with van der Waals surface area (Å²) in [4.78, 5) is 14.1. The number of nitrogens with zero attached hydrogens (tertiary/aromatic N) is 1. The second-order valence-electron chi connectivity index (χ2n) is 5.45. The summed E-state index contributed by atoms with van der Waals surface area (Å²) in [6.45, 7) is 1.40. The molecule has 1 amide bonds. The molecule has 1 aliphatic rings. The lowest BCUT2D eigenvalue weighted by atomic mass is 9.68. The molecule has 104 valence electrons. The minimum absolute atomic E-state index is 0.0439. The highest BCUT2D eigenvalue weighted by Gasteiger charge is 2.37. The molecule has 4 nitrogen and oxygen atoms in total. The Morgan fingerprint density at radius 3 is 2.42 bits per heavy atom. The van der Waals surface area contributed by atoms with Gasteiger partial charge in [0.15, 0.2) is 0 Å². The molecule has 0 bridgehead atoms. The third kappa shape index (κ3) is 2.89. The molecular formula is C15H22N2O2. The molecule has 0 spiro atoms. The van der Waals surface area contributed by atoms with Crippen LogP contribution in [-0.2, 0) is 0 Å². The monoisotopic (exact) mass is 262 g/mol. The zero-order chi connectivity index (χ0) is 13.9. The van der Waals surface area contributed by atoms with Gasteiger partial charge in [-0.05, 0) is 43.7 Å². The number of hydrogen-bond donors (Lipinski definition) is 1. The van der Waals surface area contributed by atoms with E-state index in [2.05, 4.69) is 0 Å². The molecule has 0 heterocycles. The van der Waals surface area contributed by atoms with Crippen molar-refractivity contribution in [1.29, 1.82) is 0 Å². The third-order valence-corrected chi connectivity index (χ3v) is 4.10. The van der Waals surface area contributed by atoms with E-state index in [4.69, 9.17) is 10.5 Å². The fourth-order valence-corrected chi connectivity index (χ4v) is 2.63. The Morgan fingerprint density at radius 2 is 2.00 bits per heavy atom. The lowest BCUT2D eigenvalue weighted by Crippen LogP contribution is -2.47. The molecule has 2 rings (SSSR count). The van der Waals surface area contributed by atoms with Crippen molar-refractivity contribution < 1.29 is 9.53 Å². The first kappa shape index (κ1) is 13.9. The maximum atomic E-state index is 12.3. The van der Waals surface area contributed by atoms with Crippen molar-refractivity contribution in [2.24, 2.45) is 11.1 Å². The van der Waals surface area contributed by atoms with Crippen LogP contribution in [0.15, 0.2) is 24.3 Å². The van der Waals surface area contributed by atoms with Crippen molar-refractivity contribution in [2.45, 2.75) is 19.3 Å². The molecule has 0 aromatic heterocycles. The maximum absolute atomic E-state index is 12.3.